The molecule has 0 saturated heterocycles. The summed E-state index contributed by atoms with van der Waals surface area (Å²) in [5, 5.41) is 25.0. The van der Waals surface area contributed by atoms with Crippen LogP contribution in [0, 0.1) is 10.4 Å². The molecule has 0 aliphatic rings. The van der Waals surface area contributed by atoms with Crippen LogP contribution >= 0.6 is 0 Å². The molecule has 0 fully saturated rings. The van der Waals surface area contributed by atoms with E-state index in [1.807, 2.05) is 44.2 Å². The number of hydrogen-bond acceptors (Lipinski definition) is 3. The Balaban J connectivity index is 2.76. The molecule has 0 aliphatic heterocycles. The van der Waals surface area contributed by atoms with E-state index in [9.17, 15) is 10.4 Å². The van der Waals surface area contributed by atoms with E-state index in [0.717, 1.165) is 5.56 Å². The molecule has 0 aromatic heterocycles. The molecule has 0 saturated carbocycles. The topological polar surface area (TPSA) is 64.7 Å². The maximum Gasteiger partial charge on any atom is 0.102 e. The fourth-order valence-corrected chi connectivity index (χ4v) is 1.26. The highest BCUT2D eigenvalue weighted by atomic mass is 16.6. The molecule has 0 N–H and O–H groups in total. The van der Waals surface area contributed by atoms with E-state index in [4.69, 9.17) is 0 Å². The molecule has 1 rings (SSSR count). The standard InChI is InChI=1S/C10H15N3O2/c1-9(2)12(13(15)11-14)8-10-6-4-3-5-7-10/h3-7,9,14H,8H2,1-2H3/p-1/b13-11-. The van der Waals surface area contributed by atoms with Gasteiger partial charge in [0.2, 0.25) is 0 Å². The van der Waals surface area contributed by atoms with Gasteiger partial charge in [0.15, 0.2) is 0 Å². The van der Waals surface area contributed by atoms with Crippen molar-refractivity contribution in [2.24, 2.45) is 5.28 Å². The highest BCUT2D eigenvalue weighted by Gasteiger charge is 2.15. The molecule has 15 heavy (non-hydrogen) atoms. The lowest BCUT2D eigenvalue weighted by Crippen LogP contribution is -2.36. The molecule has 0 bridgehead atoms. The summed E-state index contributed by atoms with van der Waals surface area (Å²) in [6, 6.07) is 9.40. The van der Waals surface area contributed by atoms with Crippen molar-refractivity contribution in [1.82, 2.24) is 5.01 Å². The maximum atomic E-state index is 11.1. The van der Waals surface area contributed by atoms with Crippen LogP contribution in [-0.4, -0.2) is 16.0 Å². The predicted octanol–water partition coefficient (Wildman–Crippen LogP) is 2.27. The third-order valence-corrected chi connectivity index (χ3v) is 2.07. The van der Waals surface area contributed by atoms with Crippen molar-refractivity contribution in [2.75, 3.05) is 0 Å². The van der Waals surface area contributed by atoms with Gasteiger partial charge in [-0.15, -0.1) is 5.01 Å². The van der Waals surface area contributed by atoms with Crippen LogP contribution in [0.5, 0.6) is 0 Å². The minimum absolute atomic E-state index is 0.0691. The number of rotatable bonds is 4. The first-order valence-corrected chi connectivity index (χ1v) is 4.76. The molecule has 5 heteroatoms. The summed E-state index contributed by atoms with van der Waals surface area (Å²) in [4.78, 5) is 0.0949. The first-order chi connectivity index (χ1) is 7.15. The van der Waals surface area contributed by atoms with Crippen LogP contribution < -0.4 is 0 Å². The summed E-state index contributed by atoms with van der Waals surface area (Å²) in [7, 11) is 0. The molecule has 82 valence electrons. The monoisotopic (exact) mass is 208 g/mol. The Kier molecular flexibility index (Phi) is 3.91. The van der Waals surface area contributed by atoms with E-state index in [0.29, 0.717) is 6.54 Å². The average molecular weight is 208 g/mol. The number of hydrogen-bond donors (Lipinski definition) is 0. The second-order valence-electron chi connectivity index (χ2n) is 3.51. The van der Waals surface area contributed by atoms with Gasteiger partial charge in [0, 0.05) is 4.97 Å². The second kappa shape index (κ2) is 5.19. The van der Waals surface area contributed by atoms with Crippen LogP contribution in [0.2, 0.25) is 0 Å². The third-order valence-electron chi connectivity index (χ3n) is 2.07. The SMILES string of the molecule is CC(C)N(Cc1ccccc1)/[N+]([O-])=N/[O-]. The molecule has 0 spiro atoms. The van der Waals surface area contributed by atoms with Crippen LogP contribution in [-0.2, 0) is 6.54 Å². The predicted molar refractivity (Wildman–Crippen MR) is 56.5 cm³/mol. The van der Waals surface area contributed by atoms with Gasteiger partial charge in [-0.25, -0.2) is 0 Å². The quantitative estimate of drug-likeness (QED) is 0.433. The third kappa shape index (κ3) is 3.12. The van der Waals surface area contributed by atoms with E-state index < -0.39 is 0 Å². The molecule has 0 radical (unpaired) electrons. The van der Waals surface area contributed by atoms with Crippen LogP contribution in [0.1, 0.15) is 19.4 Å². The van der Waals surface area contributed by atoms with E-state index in [-0.39, 0.29) is 11.0 Å². The van der Waals surface area contributed by atoms with Crippen molar-refractivity contribution < 1.29 is 4.97 Å². The molecule has 1 aromatic rings. The fraction of sp³-hybridized carbons (Fsp3) is 0.400. The molecule has 0 atom stereocenters. The number of nitrogens with zero attached hydrogens (tertiary/aromatic N) is 3. The average Bonchev–Trinajstić information content (AvgIpc) is 2.26. The Morgan fingerprint density at radius 1 is 1.33 bits per heavy atom. The maximum absolute atomic E-state index is 11.1. The summed E-state index contributed by atoms with van der Waals surface area (Å²) in [5.41, 5.74) is 0.968. The molecular weight excluding hydrogens is 194 g/mol. The molecule has 1 aromatic carbocycles. The Morgan fingerprint density at radius 2 is 1.93 bits per heavy atom. The van der Waals surface area contributed by atoms with Crippen molar-refractivity contribution in [3.63, 3.8) is 0 Å². The highest BCUT2D eigenvalue weighted by molar-refractivity contribution is 5.14. The summed E-state index contributed by atoms with van der Waals surface area (Å²) in [6.45, 7) is 4.05. The van der Waals surface area contributed by atoms with Crippen LogP contribution in [0.15, 0.2) is 35.6 Å². The lowest BCUT2D eigenvalue weighted by Gasteiger charge is -2.22. The van der Waals surface area contributed by atoms with Crippen molar-refractivity contribution in [3.8, 4) is 0 Å². The van der Waals surface area contributed by atoms with Gasteiger partial charge in [-0.1, -0.05) is 30.3 Å². The lowest BCUT2D eigenvalue weighted by atomic mass is 10.2. The lowest BCUT2D eigenvalue weighted by molar-refractivity contribution is -0.701. The van der Waals surface area contributed by atoms with E-state index >= 15 is 0 Å². The zero-order valence-corrected chi connectivity index (χ0v) is 8.83. The van der Waals surface area contributed by atoms with E-state index in [1.165, 1.54) is 5.01 Å². The van der Waals surface area contributed by atoms with Gasteiger partial charge < -0.3 is 10.4 Å². The van der Waals surface area contributed by atoms with Gasteiger partial charge in [0.05, 0.1) is 6.04 Å². The number of hydrazine groups is 1. The van der Waals surface area contributed by atoms with Crippen LogP contribution in [0.25, 0.3) is 0 Å². The Labute approximate surface area is 88.8 Å². The van der Waals surface area contributed by atoms with Gasteiger partial charge in [-0.2, -0.15) is 0 Å². The first kappa shape index (κ1) is 11.3. The zero-order valence-electron chi connectivity index (χ0n) is 8.83. The van der Waals surface area contributed by atoms with Gasteiger partial charge in [0.25, 0.3) is 0 Å². The minimum atomic E-state index is -0.0691. The van der Waals surface area contributed by atoms with Gasteiger partial charge in [-0.05, 0) is 24.7 Å². The summed E-state index contributed by atoms with van der Waals surface area (Å²) in [5.74, 6) is 0. The van der Waals surface area contributed by atoms with Crippen molar-refractivity contribution in [3.05, 3.63) is 46.3 Å². The van der Waals surface area contributed by atoms with Crippen molar-refractivity contribution >= 4 is 0 Å². The summed E-state index contributed by atoms with van der Waals surface area (Å²) >= 11 is 0. The van der Waals surface area contributed by atoms with Gasteiger partial charge in [-0.3, -0.25) is 0 Å². The normalized spacial score (nSPS) is 11.8. The highest BCUT2D eigenvalue weighted by Crippen LogP contribution is 2.08. The number of benzene rings is 1. The van der Waals surface area contributed by atoms with E-state index in [1.54, 1.807) is 0 Å². The van der Waals surface area contributed by atoms with Crippen molar-refractivity contribution in [1.29, 1.82) is 0 Å². The smallest absolute Gasteiger partial charge is 0.102 e. The molecule has 5 nitrogen and oxygen atoms in total. The largest absolute Gasteiger partial charge is 0.737 e. The second-order valence-corrected chi connectivity index (χ2v) is 3.51. The molecule has 0 aliphatic carbocycles. The molecule has 0 unspecified atom stereocenters. The van der Waals surface area contributed by atoms with Gasteiger partial charge >= 0.3 is 0 Å². The first-order valence-electron chi connectivity index (χ1n) is 4.76. The van der Waals surface area contributed by atoms with Crippen LogP contribution in [0.4, 0.5) is 0 Å². The molecule has 0 amide bonds. The Bertz CT molecular complexity index is 325. The molecular formula is C10H14N3O2-. The Morgan fingerprint density at radius 3 is 2.40 bits per heavy atom. The minimum Gasteiger partial charge on any atom is -0.737 e. The summed E-state index contributed by atoms with van der Waals surface area (Å²) in [6.07, 6.45) is 0. The van der Waals surface area contributed by atoms with Gasteiger partial charge in [0.1, 0.15) is 6.54 Å². The summed E-state index contributed by atoms with van der Waals surface area (Å²) < 4.78 is 0. The fourth-order valence-electron chi connectivity index (χ4n) is 1.26. The molecule has 0 heterocycles. The van der Waals surface area contributed by atoms with Crippen molar-refractivity contribution in [2.45, 2.75) is 26.4 Å². The zero-order chi connectivity index (χ0) is 11.3. The van der Waals surface area contributed by atoms with Crippen LogP contribution in [0.3, 0.4) is 0 Å². The Hall–Kier alpha value is -1.78. The van der Waals surface area contributed by atoms with E-state index in [2.05, 4.69) is 5.28 Å².